The summed E-state index contributed by atoms with van der Waals surface area (Å²) in [5.41, 5.74) is -1.66. The van der Waals surface area contributed by atoms with Gasteiger partial charge in [-0.05, 0) is 50.2 Å². The molecule has 34 heavy (non-hydrogen) atoms. The maximum absolute atomic E-state index is 14.6. The molecule has 0 aliphatic rings. The third-order valence-corrected chi connectivity index (χ3v) is 5.03. The first kappa shape index (κ1) is 22.9. The number of hydrogen-bond acceptors (Lipinski definition) is 4. The standard InChI is InChI=1S/C23H17F4N5O2/c1-13-10-20(33)21(30-32(13)17-5-3-4-15(11-17)23(25,26)27)22(34)29-16-6-7-19(18(24)12-16)31-9-8-28-14(31)2/h3-12H,1-2H3,(H,29,34). The number of nitrogens with one attached hydrogen (secondary N) is 1. The summed E-state index contributed by atoms with van der Waals surface area (Å²) < 4.78 is 56.5. The molecule has 2 aromatic heterocycles. The number of aromatic nitrogens is 4. The zero-order chi connectivity index (χ0) is 24.6. The molecule has 0 saturated heterocycles. The van der Waals surface area contributed by atoms with Gasteiger partial charge in [-0.3, -0.25) is 9.59 Å². The molecule has 174 valence electrons. The van der Waals surface area contributed by atoms with Crippen LogP contribution in [0.25, 0.3) is 11.4 Å². The molecule has 4 rings (SSSR count). The van der Waals surface area contributed by atoms with E-state index in [1.165, 1.54) is 42.0 Å². The molecular weight excluding hydrogens is 454 g/mol. The van der Waals surface area contributed by atoms with E-state index in [-0.39, 0.29) is 22.8 Å². The molecule has 0 saturated carbocycles. The van der Waals surface area contributed by atoms with Crippen LogP contribution in [0.5, 0.6) is 0 Å². The summed E-state index contributed by atoms with van der Waals surface area (Å²) in [7, 11) is 0. The van der Waals surface area contributed by atoms with Crippen LogP contribution < -0.4 is 10.7 Å². The number of benzene rings is 2. The molecule has 1 amide bonds. The Kier molecular flexibility index (Phi) is 5.78. The lowest BCUT2D eigenvalue weighted by molar-refractivity contribution is -0.137. The number of anilines is 1. The number of halogens is 4. The van der Waals surface area contributed by atoms with E-state index < -0.39 is 34.6 Å². The van der Waals surface area contributed by atoms with E-state index in [9.17, 15) is 27.2 Å². The van der Waals surface area contributed by atoms with Crippen molar-refractivity contribution in [2.75, 3.05) is 5.32 Å². The zero-order valence-corrected chi connectivity index (χ0v) is 17.9. The summed E-state index contributed by atoms with van der Waals surface area (Å²) in [5, 5.41) is 6.37. The normalized spacial score (nSPS) is 11.5. The molecule has 2 heterocycles. The maximum Gasteiger partial charge on any atom is 0.416 e. The summed E-state index contributed by atoms with van der Waals surface area (Å²) in [6.07, 6.45) is -1.48. The van der Waals surface area contributed by atoms with E-state index in [0.717, 1.165) is 28.9 Å². The van der Waals surface area contributed by atoms with Gasteiger partial charge >= 0.3 is 6.18 Å². The second-order valence-electron chi connectivity index (χ2n) is 7.42. The van der Waals surface area contributed by atoms with Crippen molar-refractivity contribution in [3.63, 3.8) is 0 Å². The quantitative estimate of drug-likeness (QED) is 0.446. The molecule has 0 bridgehead atoms. The Labute approximate surface area is 190 Å². The lowest BCUT2D eigenvalue weighted by Gasteiger charge is -2.14. The van der Waals surface area contributed by atoms with E-state index in [4.69, 9.17) is 0 Å². The van der Waals surface area contributed by atoms with Gasteiger partial charge in [0.1, 0.15) is 11.6 Å². The van der Waals surface area contributed by atoms with Crippen LogP contribution in [0.4, 0.5) is 23.2 Å². The van der Waals surface area contributed by atoms with Gasteiger partial charge in [-0.15, -0.1) is 0 Å². The first-order valence-electron chi connectivity index (χ1n) is 9.94. The second-order valence-corrected chi connectivity index (χ2v) is 7.42. The monoisotopic (exact) mass is 471 g/mol. The van der Waals surface area contributed by atoms with Crippen molar-refractivity contribution in [1.29, 1.82) is 0 Å². The van der Waals surface area contributed by atoms with Crippen LogP contribution in [0.15, 0.2) is 65.7 Å². The fourth-order valence-corrected chi connectivity index (χ4v) is 3.38. The van der Waals surface area contributed by atoms with Crippen molar-refractivity contribution in [3.05, 3.63) is 99.7 Å². The van der Waals surface area contributed by atoms with Crippen molar-refractivity contribution in [2.24, 2.45) is 0 Å². The number of carbonyl (C=O) groups excluding carboxylic acids is 1. The van der Waals surface area contributed by atoms with Crippen LogP contribution in [0, 0.1) is 19.7 Å². The molecule has 4 aromatic rings. The van der Waals surface area contributed by atoms with E-state index in [0.29, 0.717) is 5.82 Å². The Morgan fingerprint density at radius 1 is 1.06 bits per heavy atom. The molecule has 0 aliphatic heterocycles. The fraction of sp³-hybridized carbons (Fsp3) is 0.130. The van der Waals surface area contributed by atoms with Crippen LogP contribution in [-0.2, 0) is 6.18 Å². The Morgan fingerprint density at radius 2 is 1.82 bits per heavy atom. The van der Waals surface area contributed by atoms with Gasteiger partial charge in [0.15, 0.2) is 5.69 Å². The molecule has 7 nitrogen and oxygen atoms in total. The van der Waals surface area contributed by atoms with Crippen molar-refractivity contribution >= 4 is 11.6 Å². The number of nitrogens with zero attached hydrogens (tertiary/aromatic N) is 4. The van der Waals surface area contributed by atoms with Crippen molar-refractivity contribution < 1.29 is 22.4 Å². The van der Waals surface area contributed by atoms with Crippen LogP contribution >= 0.6 is 0 Å². The molecule has 0 unspecified atom stereocenters. The van der Waals surface area contributed by atoms with Gasteiger partial charge in [0.2, 0.25) is 5.43 Å². The summed E-state index contributed by atoms with van der Waals surface area (Å²) >= 11 is 0. The highest BCUT2D eigenvalue weighted by molar-refractivity contribution is 6.02. The highest BCUT2D eigenvalue weighted by Crippen LogP contribution is 2.30. The third kappa shape index (κ3) is 4.45. The minimum absolute atomic E-state index is 0.0208. The smallest absolute Gasteiger partial charge is 0.320 e. The van der Waals surface area contributed by atoms with Gasteiger partial charge in [0.25, 0.3) is 5.91 Å². The number of amides is 1. The minimum atomic E-state index is -4.57. The van der Waals surface area contributed by atoms with Crippen LogP contribution in [-0.4, -0.2) is 25.2 Å². The fourth-order valence-electron chi connectivity index (χ4n) is 3.38. The average molecular weight is 471 g/mol. The Bertz CT molecular complexity index is 1460. The van der Waals surface area contributed by atoms with Crippen molar-refractivity contribution in [3.8, 4) is 11.4 Å². The minimum Gasteiger partial charge on any atom is -0.320 e. The van der Waals surface area contributed by atoms with E-state index in [1.54, 1.807) is 13.1 Å². The SMILES string of the molecule is Cc1nccn1-c1ccc(NC(=O)c2nn(-c3cccc(C(F)(F)F)c3)c(C)cc2=O)cc1F. The Hall–Kier alpha value is -4.28. The summed E-state index contributed by atoms with van der Waals surface area (Å²) in [6.45, 7) is 3.18. The lowest BCUT2D eigenvalue weighted by atomic mass is 10.2. The number of aryl methyl sites for hydroxylation is 2. The number of imidazole rings is 1. The average Bonchev–Trinajstić information content (AvgIpc) is 3.19. The summed E-state index contributed by atoms with van der Waals surface area (Å²) in [5.74, 6) is -1.01. The molecule has 0 fully saturated rings. The number of carbonyl (C=O) groups is 1. The predicted octanol–water partition coefficient (Wildman–Crippen LogP) is 4.45. The van der Waals surface area contributed by atoms with E-state index in [1.807, 2.05) is 0 Å². The molecular formula is C23H17F4N5O2. The van der Waals surface area contributed by atoms with Crippen LogP contribution in [0.2, 0.25) is 0 Å². The molecule has 0 radical (unpaired) electrons. The number of alkyl halides is 3. The topological polar surface area (TPSA) is 81.8 Å². The van der Waals surface area contributed by atoms with Crippen LogP contribution in [0.3, 0.4) is 0 Å². The van der Waals surface area contributed by atoms with Gasteiger partial charge in [-0.1, -0.05) is 6.07 Å². The summed E-state index contributed by atoms with van der Waals surface area (Å²) in [4.78, 5) is 29.2. The largest absolute Gasteiger partial charge is 0.416 e. The maximum atomic E-state index is 14.6. The number of rotatable bonds is 4. The van der Waals surface area contributed by atoms with Gasteiger partial charge in [0.05, 0.1) is 16.9 Å². The zero-order valence-electron chi connectivity index (χ0n) is 17.9. The molecule has 0 spiro atoms. The lowest BCUT2D eigenvalue weighted by Crippen LogP contribution is -2.27. The molecule has 0 atom stereocenters. The van der Waals surface area contributed by atoms with E-state index >= 15 is 0 Å². The third-order valence-electron chi connectivity index (χ3n) is 5.03. The Morgan fingerprint density at radius 3 is 2.47 bits per heavy atom. The van der Waals surface area contributed by atoms with Gasteiger partial charge in [-0.2, -0.15) is 18.3 Å². The van der Waals surface area contributed by atoms with E-state index in [2.05, 4.69) is 15.4 Å². The summed E-state index contributed by atoms with van der Waals surface area (Å²) in [6, 6.07) is 9.37. The molecule has 11 heteroatoms. The highest BCUT2D eigenvalue weighted by Gasteiger charge is 2.30. The van der Waals surface area contributed by atoms with Gasteiger partial charge < -0.3 is 9.88 Å². The molecule has 1 N–H and O–H groups in total. The van der Waals surface area contributed by atoms with Gasteiger partial charge in [0, 0.05) is 29.8 Å². The first-order valence-corrected chi connectivity index (χ1v) is 9.94. The van der Waals surface area contributed by atoms with Gasteiger partial charge in [-0.25, -0.2) is 14.1 Å². The predicted molar refractivity (Wildman–Crippen MR) is 116 cm³/mol. The number of hydrogen-bond donors (Lipinski definition) is 1. The first-order chi connectivity index (χ1) is 16.0. The van der Waals surface area contributed by atoms with Crippen molar-refractivity contribution in [1.82, 2.24) is 19.3 Å². The molecule has 2 aromatic carbocycles. The van der Waals surface area contributed by atoms with Crippen molar-refractivity contribution in [2.45, 2.75) is 20.0 Å². The van der Waals surface area contributed by atoms with Crippen LogP contribution in [0.1, 0.15) is 27.6 Å². The highest BCUT2D eigenvalue weighted by atomic mass is 19.4. The second kappa shape index (κ2) is 8.58. The molecule has 0 aliphatic carbocycles. The Balaban J connectivity index is 1.65.